The van der Waals surface area contributed by atoms with Gasteiger partial charge in [-0.2, -0.15) is 11.8 Å². The molecule has 0 unspecified atom stereocenters. The third-order valence-corrected chi connectivity index (χ3v) is 7.55. The summed E-state index contributed by atoms with van der Waals surface area (Å²) in [6.45, 7) is -0.254. The zero-order valence-electron chi connectivity index (χ0n) is 11.4. The van der Waals surface area contributed by atoms with Crippen molar-refractivity contribution in [2.24, 2.45) is 0 Å². The monoisotopic (exact) mass is 343 g/mol. The first-order valence-corrected chi connectivity index (χ1v) is 10.3. The number of sulfonamides is 1. The molecule has 1 aliphatic heterocycles. The summed E-state index contributed by atoms with van der Waals surface area (Å²) in [6.07, 6.45) is 1.72. The van der Waals surface area contributed by atoms with Gasteiger partial charge in [-0.25, -0.2) is 13.1 Å². The zero-order valence-corrected chi connectivity index (χ0v) is 13.9. The molecular formula is C14H17NO3S3. The topological polar surface area (TPSA) is 66.4 Å². The molecule has 0 aliphatic carbocycles. The maximum absolute atomic E-state index is 12.7. The van der Waals surface area contributed by atoms with Crippen molar-refractivity contribution in [3.63, 3.8) is 0 Å². The Kier molecular flexibility index (Phi) is 4.56. The van der Waals surface area contributed by atoms with E-state index >= 15 is 0 Å². The van der Waals surface area contributed by atoms with Crippen LogP contribution < -0.4 is 4.72 Å². The van der Waals surface area contributed by atoms with E-state index in [1.54, 1.807) is 6.07 Å². The van der Waals surface area contributed by atoms with Crippen LogP contribution >= 0.6 is 23.1 Å². The minimum Gasteiger partial charge on any atom is -0.391 e. The highest BCUT2D eigenvalue weighted by Gasteiger charge is 2.27. The first-order valence-electron chi connectivity index (χ1n) is 6.83. The molecule has 1 fully saturated rings. The Bertz CT molecular complexity index is 733. The van der Waals surface area contributed by atoms with Gasteiger partial charge in [-0.05, 0) is 30.4 Å². The highest BCUT2D eigenvalue weighted by Crippen LogP contribution is 2.35. The third-order valence-electron chi connectivity index (χ3n) is 3.57. The van der Waals surface area contributed by atoms with E-state index in [-0.39, 0.29) is 17.5 Å². The van der Waals surface area contributed by atoms with Gasteiger partial charge in [-0.1, -0.05) is 18.2 Å². The third kappa shape index (κ3) is 3.12. The molecule has 0 bridgehead atoms. The molecular weight excluding hydrogens is 326 g/mol. The molecule has 0 spiro atoms. The lowest BCUT2D eigenvalue weighted by Crippen LogP contribution is -2.37. The van der Waals surface area contributed by atoms with Crippen molar-refractivity contribution >= 4 is 43.2 Å². The SMILES string of the molecule is O=S(=O)(NC1CCSCC1)c1c(CO)sc2ccccc12. The molecule has 2 heterocycles. The van der Waals surface area contributed by atoms with E-state index in [0.717, 1.165) is 29.0 Å². The van der Waals surface area contributed by atoms with Gasteiger partial charge < -0.3 is 5.11 Å². The number of hydrogen-bond acceptors (Lipinski definition) is 5. The number of hydrogen-bond donors (Lipinski definition) is 2. The largest absolute Gasteiger partial charge is 0.391 e. The molecule has 1 aliphatic rings. The van der Waals surface area contributed by atoms with Gasteiger partial charge in [0.25, 0.3) is 0 Å². The minimum atomic E-state index is -3.59. The maximum Gasteiger partial charge on any atom is 0.242 e. The van der Waals surface area contributed by atoms with Crippen molar-refractivity contribution in [1.29, 1.82) is 0 Å². The van der Waals surface area contributed by atoms with E-state index < -0.39 is 10.0 Å². The Hall–Kier alpha value is -0.600. The van der Waals surface area contributed by atoms with Gasteiger partial charge in [0, 0.05) is 16.1 Å². The van der Waals surface area contributed by atoms with Crippen LogP contribution in [0.3, 0.4) is 0 Å². The van der Waals surface area contributed by atoms with Gasteiger partial charge >= 0.3 is 0 Å². The number of benzene rings is 1. The molecule has 3 rings (SSSR count). The number of rotatable bonds is 4. The van der Waals surface area contributed by atoms with Crippen molar-refractivity contribution in [3.8, 4) is 0 Å². The van der Waals surface area contributed by atoms with Crippen LogP contribution in [0.1, 0.15) is 17.7 Å². The number of thiophene rings is 1. The number of fused-ring (bicyclic) bond motifs is 1. The van der Waals surface area contributed by atoms with Crippen LogP contribution in [-0.2, 0) is 16.6 Å². The summed E-state index contributed by atoms with van der Waals surface area (Å²) < 4.78 is 29.2. The van der Waals surface area contributed by atoms with Crippen molar-refractivity contribution in [3.05, 3.63) is 29.1 Å². The standard InChI is InChI=1S/C14H17NO3S3/c16-9-13-14(11-3-1-2-4-12(11)20-13)21(17,18)15-10-5-7-19-8-6-10/h1-4,10,15-16H,5-9H2. The van der Waals surface area contributed by atoms with Crippen molar-refractivity contribution < 1.29 is 13.5 Å². The molecule has 0 saturated carbocycles. The van der Waals surface area contributed by atoms with Gasteiger partial charge in [0.1, 0.15) is 4.90 Å². The summed E-state index contributed by atoms with van der Waals surface area (Å²) in [5, 5.41) is 10.2. The predicted molar refractivity (Wildman–Crippen MR) is 88.4 cm³/mol. The van der Waals surface area contributed by atoms with Crippen molar-refractivity contribution in [2.45, 2.75) is 30.4 Å². The lowest BCUT2D eigenvalue weighted by molar-refractivity contribution is 0.282. The normalized spacial score (nSPS) is 17.4. The number of nitrogens with one attached hydrogen (secondary N) is 1. The molecule has 2 aromatic rings. The first kappa shape index (κ1) is 15.3. The zero-order chi connectivity index (χ0) is 14.9. The molecule has 0 atom stereocenters. The summed E-state index contributed by atoms with van der Waals surface area (Å²) in [5.74, 6) is 1.98. The summed E-state index contributed by atoms with van der Waals surface area (Å²) in [6, 6.07) is 7.39. The average Bonchev–Trinajstić information content (AvgIpc) is 2.87. The van der Waals surface area contributed by atoms with Crippen LogP contribution in [0, 0.1) is 0 Å². The summed E-state index contributed by atoms with van der Waals surface area (Å²) in [7, 11) is -3.59. The molecule has 7 heteroatoms. The van der Waals surface area contributed by atoms with Gasteiger partial charge in [-0.3, -0.25) is 0 Å². The van der Waals surface area contributed by atoms with Gasteiger partial charge in [-0.15, -0.1) is 11.3 Å². The van der Waals surface area contributed by atoms with Gasteiger partial charge in [0.2, 0.25) is 10.0 Å². The number of aliphatic hydroxyl groups is 1. The quantitative estimate of drug-likeness (QED) is 0.895. The van der Waals surface area contributed by atoms with E-state index in [9.17, 15) is 13.5 Å². The Morgan fingerprint density at radius 2 is 1.95 bits per heavy atom. The lowest BCUT2D eigenvalue weighted by Gasteiger charge is -2.22. The smallest absolute Gasteiger partial charge is 0.242 e. The fourth-order valence-corrected chi connectivity index (χ4v) is 6.77. The van der Waals surface area contributed by atoms with E-state index in [1.165, 1.54) is 11.3 Å². The summed E-state index contributed by atoms with van der Waals surface area (Å²) in [4.78, 5) is 0.762. The second-order valence-electron chi connectivity index (χ2n) is 5.02. The predicted octanol–water partition coefficient (Wildman–Crippen LogP) is 2.57. The Labute approximate surface area is 132 Å². The Balaban J connectivity index is 2.01. The fraction of sp³-hybridized carbons (Fsp3) is 0.429. The Morgan fingerprint density at radius 1 is 1.24 bits per heavy atom. The van der Waals surface area contributed by atoms with E-state index in [2.05, 4.69) is 4.72 Å². The maximum atomic E-state index is 12.7. The van der Waals surface area contributed by atoms with Crippen LogP contribution in [0.2, 0.25) is 0 Å². The fourth-order valence-electron chi connectivity index (χ4n) is 2.56. The molecule has 1 aromatic heterocycles. The molecule has 4 nitrogen and oxygen atoms in total. The molecule has 1 aromatic carbocycles. The van der Waals surface area contributed by atoms with E-state index in [0.29, 0.717) is 10.3 Å². The highest BCUT2D eigenvalue weighted by atomic mass is 32.2. The van der Waals surface area contributed by atoms with Crippen LogP contribution in [0.5, 0.6) is 0 Å². The van der Waals surface area contributed by atoms with Gasteiger partial charge in [0.05, 0.1) is 11.5 Å². The van der Waals surface area contributed by atoms with Gasteiger partial charge in [0.15, 0.2) is 0 Å². The van der Waals surface area contributed by atoms with Crippen molar-refractivity contribution in [2.75, 3.05) is 11.5 Å². The van der Waals surface area contributed by atoms with E-state index in [1.807, 2.05) is 30.0 Å². The van der Waals surface area contributed by atoms with Crippen molar-refractivity contribution in [1.82, 2.24) is 4.72 Å². The van der Waals surface area contributed by atoms with Crippen LogP contribution in [0.25, 0.3) is 10.1 Å². The molecule has 1 saturated heterocycles. The van der Waals surface area contributed by atoms with Crippen LogP contribution in [0.4, 0.5) is 0 Å². The summed E-state index contributed by atoms with van der Waals surface area (Å²) in [5.41, 5.74) is 0. The minimum absolute atomic E-state index is 0.00135. The number of aliphatic hydroxyl groups excluding tert-OH is 1. The molecule has 21 heavy (non-hydrogen) atoms. The molecule has 114 valence electrons. The average molecular weight is 343 g/mol. The molecule has 2 N–H and O–H groups in total. The van der Waals surface area contributed by atoms with Crippen LogP contribution in [0.15, 0.2) is 29.2 Å². The number of thioether (sulfide) groups is 1. The summed E-state index contributed by atoms with van der Waals surface area (Å²) >= 11 is 3.20. The second-order valence-corrected chi connectivity index (χ2v) is 9.03. The van der Waals surface area contributed by atoms with Crippen LogP contribution in [-0.4, -0.2) is 31.1 Å². The molecule has 0 amide bonds. The molecule has 0 radical (unpaired) electrons. The highest BCUT2D eigenvalue weighted by molar-refractivity contribution is 7.99. The van der Waals surface area contributed by atoms with E-state index in [4.69, 9.17) is 0 Å². The first-order chi connectivity index (χ1) is 10.1. The lowest BCUT2D eigenvalue weighted by atomic mass is 10.2. The Morgan fingerprint density at radius 3 is 2.67 bits per heavy atom. The second kappa shape index (κ2) is 6.26.